The van der Waals surface area contributed by atoms with Gasteiger partial charge in [0.25, 0.3) is 10.1 Å². The molecule has 0 bridgehead atoms. The molecule has 0 fully saturated rings. The van der Waals surface area contributed by atoms with Crippen LogP contribution in [0.1, 0.15) is 18.5 Å². The Hall–Kier alpha value is -3.73. The van der Waals surface area contributed by atoms with Gasteiger partial charge in [0, 0.05) is 12.8 Å². The minimum atomic E-state index is -6.09. The normalized spacial score (nSPS) is 12.0. The number of halogens is 3. The van der Waals surface area contributed by atoms with Gasteiger partial charge in [0.1, 0.15) is 25.1 Å². The molecule has 0 unspecified atom stereocenters. The van der Waals surface area contributed by atoms with Crippen molar-refractivity contribution in [2.45, 2.75) is 31.5 Å². The Morgan fingerprint density at radius 2 is 1.51 bits per heavy atom. The van der Waals surface area contributed by atoms with Crippen molar-refractivity contribution in [3.8, 4) is 11.5 Å². The van der Waals surface area contributed by atoms with Gasteiger partial charge < -0.3 is 14.0 Å². The van der Waals surface area contributed by atoms with Crippen molar-refractivity contribution in [2.24, 2.45) is 7.05 Å². The molecule has 0 aliphatic heterocycles. The van der Waals surface area contributed by atoms with E-state index in [4.69, 9.17) is 26.6 Å². The molecule has 0 saturated heterocycles. The summed E-state index contributed by atoms with van der Waals surface area (Å²) in [5.74, 6) is 1.47. The summed E-state index contributed by atoms with van der Waals surface area (Å²) in [6.45, 7) is 1.31. The Morgan fingerprint density at radius 3 is 2.19 bits per heavy atom. The van der Waals surface area contributed by atoms with E-state index < -0.39 is 25.7 Å². The summed E-state index contributed by atoms with van der Waals surface area (Å²) in [7, 11) is -7.86. The predicted octanol–water partition coefficient (Wildman–Crippen LogP) is 3.70. The van der Waals surface area contributed by atoms with Crippen LogP contribution >= 0.6 is 0 Å². The SMILES string of the molecule is Cn1n[n+](CCCS(=O)(=O)OCCCOc2ccc3ccccc3c2)cc1COc1ccccc1.O=S(=O)([O-])C(F)(F)F. The molecule has 11 nitrogen and oxygen atoms in total. The van der Waals surface area contributed by atoms with Gasteiger partial charge in [-0.05, 0) is 35.0 Å². The highest BCUT2D eigenvalue weighted by atomic mass is 32.2. The van der Waals surface area contributed by atoms with Crippen LogP contribution in [-0.2, 0) is 44.6 Å². The Morgan fingerprint density at radius 1 is 0.860 bits per heavy atom. The topological polar surface area (TPSA) is 141 Å². The van der Waals surface area contributed by atoms with Crippen molar-refractivity contribution in [3.63, 3.8) is 0 Å². The van der Waals surface area contributed by atoms with E-state index in [2.05, 4.69) is 5.21 Å². The lowest BCUT2D eigenvalue weighted by Crippen LogP contribution is -2.37. The first-order chi connectivity index (χ1) is 20.2. The van der Waals surface area contributed by atoms with Gasteiger partial charge in [-0.2, -0.15) is 21.6 Å². The van der Waals surface area contributed by atoms with Crippen LogP contribution in [-0.4, -0.2) is 55.8 Å². The molecule has 0 N–H and O–H groups in total. The first-order valence-electron chi connectivity index (χ1n) is 12.8. The number of hydrogen-bond acceptors (Lipinski definition) is 9. The minimum absolute atomic E-state index is 0.0715. The lowest BCUT2D eigenvalue weighted by molar-refractivity contribution is -0.755. The van der Waals surface area contributed by atoms with Crippen LogP contribution in [0.15, 0.2) is 79.0 Å². The fourth-order valence-corrected chi connectivity index (χ4v) is 4.55. The number of aromatic nitrogens is 3. The Labute approximate surface area is 247 Å². The van der Waals surface area contributed by atoms with Gasteiger partial charge in [-0.25, -0.2) is 8.42 Å². The van der Waals surface area contributed by atoms with E-state index in [1.54, 1.807) is 9.36 Å². The standard InChI is InChI=1S/C26H30N3O5S.CHF3O3S/c1-28-24(21-33-25-11-3-2-4-12-25)20-29(27-28)15-7-18-35(30,31)34-17-8-16-32-26-14-13-22-9-5-6-10-23(22)19-26;2-1(3,4)8(5,6)7/h2-6,9-14,19-20H,7-8,15-18,21H2,1H3;(H,5,6,7)/q+1;/p-1. The third-order valence-corrected chi connectivity index (χ3v) is 7.58. The number of para-hydroxylation sites is 1. The van der Waals surface area contributed by atoms with E-state index >= 15 is 0 Å². The van der Waals surface area contributed by atoms with Gasteiger partial charge in [0.2, 0.25) is 5.69 Å². The van der Waals surface area contributed by atoms with E-state index in [0.717, 1.165) is 28.0 Å². The first-order valence-corrected chi connectivity index (χ1v) is 15.8. The number of hydrogen-bond donors (Lipinski definition) is 0. The quantitative estimate of drug-likeness (QED) is 0.0700. The van der Waals surface area contributed by atoms with Gasteiger partial charge in [0.05, 0.1) is 24.2 Å². The van der Waals surface area contributed by atoms with Gasteiger partial charge in [-0.3, -0.25) is 4.18 Å². The molecule has 0 atom stereocenters. The third kappa shape index (κ3) is 11.5. The van der Waals surface area contributed by atoms with Crippen LogP contribution in [0.5, 0.6) is 11.5 Å². The molecule has 16 heteroatoms. The largest absolute Gasteiger partial charge is 0.741 e. The van der Waals surface area contributed by atoms with Gasteiger partial charge in [0.15, 0.2) is 22.9 Å². The van der Waals surface area contributed by atoms with Gasteiger partial charge >= 0.3 is 5.51 Å². The second-order valence-electron chi connectivity index (χ2n) is 9.05. The summed E-state index contributed by atoms with van der Waals surface area (Å²) < 4.78 is 103. The third-order valence-electron chi connectivity index (χ3n) is 5.70. The molecular formula is C27H30F3N3O8S2. The maximum absolute atomic E-state index is 12.2. The highest BCUT2D eigenvalue weighted by Gasteiger charge is 2.36. The maximum Gasteiger partial charge on any atom is 0.485 e. The zero-order valence-electron chi connectivity index (χ0n) is 23.0. The molecule has 4 aromatic rings. The highest BCUT2D eigenvalue weighted by molar-refractivity contribution is 7.86. The number of ether oxygens (including phenoxy) is 2. The van der Waals surface area contributed by atoms with Gasteiger partial charge in [-0.1, -0.05) is 48.5 Å². The minimum Gasteiger partial charge on any atom is -0.741 e. The van der Waals surface area contributed by atoms with E-state index in [0.29, 0.717) is 32.6 Å². The molecule has 3 aromatic carbocycles. The lowest BCUT2D eigenvalue weighted by atomic mass is 10.1. The van der Waals surface area contributed by atoms with Gasteiger partial charge in [-0.15, -0.1) is 9.36 Å². The second-order valence-corrected chi connectivity index (χ2v) is 12.2. The zero-order valence-corrected chi connectivity index (χ0v) is 24.6. The Kier molecular flexibility index (Phi) is 11.9. The molecule has 234 valence electrons. The summed E-state index contributed by atoms with van der Waals surface area (Å²) in [5.41, 5.74) is -4.76. The Balaban J connectivity index is 0.000000557. The van der Waals surface area contributed by atoms with Crippen LogP contribution in [0, 0.1) is 0 Å². The molecule has 1 aromatic heterocycles. The molecule has 0 spiro atoms. The number of fused-ring (bicyclic) bond motifs is 1. The van der Waals surface area contributed by atoms with E-state index in [-0.39, 0.29) is 12.4 Å². The molecule has 43 heavy (non-hydrogen) atoms. The molecule has 0 amide bonds. The van der Waals surface area contributed by atoms with E-state index in [1.807, 2.05) is 86.0 Å². The van der Waals surface area contributed by atoms with Crippen LogP contribution in [0.25, 0.3) is 10.8 Å². The first kappa shape index (κ1) is 33.8. The Bertz CT molecular complexity index is 1680. The average Bonchev–Trinajstić information content (AvgIpc) is 3.30. The van der Waals surface area contributed by atoms with Crippen LogP contribution in [0.3, 0.4) is 0 Å². The van der Waals surface area contributed by atoms with Crippen LogP contribution in [0.2, 0.25) is 0 Å². The molecule has 0 aliphatic carbocycles. The smallest absolute Gasteiger partial charge is 0.485 e. The summed E-state index contributed by atoms with van der Waals surface area (Å²) >= 11 is 0. The zero-order chi connectivity index (χ0) is 31.5. The summed E-state index contributed by atoms with van der Waals surface area (Å²) in [6, 6.07) is 23.5. The van der Waals surface area contributed by atoms with Crippen LogP contribution in [0.4, 0.5) is 13.2 Å². The monoisotopic (exact) mass is 645 g/mol. The van der Waals surface area contributed by atoms with Crippen molar-refractivity contribution in [3.05, 3.63) is 84.7 Å². The molecule has 4 rings (SSSR count). The van der Waals surface area contributed by atoms with Crippen molar-refractivity contribution >= 4 is 31.0 Å². The maximum atomic E-state index is 12.2. The van der Waals surface area contributed by atoms with E-state index in [9.17, 15) is 21.6 Å². The fourth-order valence-electron chi connectivity index (χ4n) is 3.58. The number of alkyl halides is 3. The van der Waals surface area contributed by atoms with Crippen molar-refractivity contribution in [1.29, 1.82) is 0 Å². The number of benzene rings is 3. The highest BCUT2D eigenvalue weighted by Crippen LogP contribution is 2.21. The summed E-state index contributed by atoms with van der Waals surface area (Å²) in [6.07, 6.45) is 2.74. The van der Waals surface area contributed by atoms with Crippen molar-refractivity contribution in [2.75, 3.05) is 19.0 Å². The molecule has 0 radical (unpaired) electrons. The molecule has 1 heterocycles. The average molecular weight is 646 g/mol. The molecule has 0 saturated carbocycles. The summed E-state index contributed by atoms with van der Waals surface area (Å²) in [5, 5.41) is 6.63. The molecular weight excluding hydrogens is 615 g/mol. The van der Waals surface area contributed by atoms with Crippen molar-refractivity contribution in [1.82, 2.24) is 9.90 Å². The van der Waals surface area contributed by atoms with Crippen molar-refractivity contribution < 1.29 is 52.9 Å². The van der Waals surface area contributed by atoms with Crippen LogP contribution < -0.4 is 14.2 Å². The van der Waals surface area contributed by atoms with E-state index in [1.165, 1.54) is 0 Å². The summed E-state index contributed by atoms with van der Waals surface area (Å²) in [4.78, 5) is 0. The number of nitrogens with zero attached hydrogens (tertiary/aromatic N) is 3. The number of aryl methyl sites for hydroxylation is 2. The molecule has 0 aliphatic rings. The lowest BCUT2D eigenvalue weighted by Gasteiger charge is -2.08. The number of rotatable bonds is 13. The predicted molar refractivity (Wildman–Crippen MR) is 148 cm³/mol. The second kappa shape index (κ2) is 15.1. The fraction of sp³-hybridized carbons (Fsp3) is 0.333.